The van der Waals surface area contributed by atoms with Crippen LogP contribution in [0.2, 0.25) is 0 Å². The number of anilines is 1. The second kappa shape index (κ2) is 6.42. The molecule has 21 heavy (non-hydrogen) atoms. The lowest BCUT2D eigenvalue weighted by atomic mass is 10.1. The summed E-state index contributed by atoms with van der Waals surface area (Å²) in [5, 5.41) is 20.9. The summed E-state index contributed by atoms with van der Waals surface area (Å²) in [5.41, 5.74) is -0.338. The first-order valence-corrected chi connectivity index (χ1v) is 6.11. The Morgan fingerprint density at radius 3 is 2.43 bits per heavy atom. The van der Waals surface area contributed by atoms with Crippen LogP contribution in [0.5, 0.6) is 11.5 Å². The fourth-order valence-electron chi connectivity index (χ4n) is 1.72. The fraction of sp³-hybridized carbons (Fsp3) is 0.0667. The molecule has 0 radical (unpaired) electrons. The van der Waals surface area contributed by atoms with E-state index in [0.29, 0.717) is 5.75 Å². The van der Waals surface area contributed by atoms with Crippen LogP contribution in [-0.2, 0) is 4.79 Å². The summed E-state index contributed by atoms with van der Waals surface area (Å²) in [6.07, 6.45) is 0. The van der Waals surface area contributed by atoms with Crippen molar-refractivity contribution in [2.45, 2.75) is 0 Å². The number of aromatic carboxylic acids is 1. The van der Waals surface area contributed by atoms with Crippen molar-refractivity contribution in [3.05, 3.63) is 54.1 Å². The summed E-state index contributed by atoms with van der Waals surface area (Å²) in [6, 6.07) is 12.8. The van der Waals surface area contributed by atoms with Gasteiger partial charge < -0.3 is 20.3 Å². The number of amides is 1. The number of nitrogens with one attached hydrogen (secondary N) is 1. The molecule has 0 unspecified atom stereocenters. The SMILES string of the molecule is O=C(COc1ccccc1)Nc1cccc(O)c1C(=O)O. The molecule has 0 aliphatic rings. The molecular formula is C15H13NO5. The molecule has 2 aromatic rings. The predicted molar refractivity (Wildman–Crippen MR) is 75.6 cm³/mol. The molecule has 6 nitrogen and oxygen atoms in total. The van der Waals surface area contributed by atoms with Crippen molar-refractivity contribution in [2.75, 3.05) is 11.9 Å². The van der Waals surface area contributed by atoms with Crippen molar-refractivity contribution < 1.29 is 24.5 Å². The first-order valence-electron chi connectivity index (χ1n) is 6.11. The maximum Gasteiger partial charge on any atom is 0.341 e. The predicted octanol–water partition coefficient (Wildman–Crippen LogP) is 2.11. The zero-order chi connectivity index (χ0) is 15.2. The van der Waals surface area contributed by atoms with Gasteiger partial charge in [0.1, 0.15) is 17.1 Å². The van der Waals surface area contributed by atoms with Gasteiger partial charge in [-0.2, -0.15) is 0 Å². The van der Waals surface area contributed by atoms with E-state index >= 15 is 0 Å². The number of hydrogen-bond acceptors (Lipinski definition) is 4. The average Bonchev–Trinajstić information content (AvgIpc) is 2.46. The molecule has 108 valence electrons. The molecule has 3 N–H and O–H groups in total. The summed E-state index contributed by atoms with van der Waals surface area (Å²) in [4.78, 5) is 22.8. The van der Waals surface area contributed by atoms with Crippen molar-refractivity contribution >= 4 is 17.6 Å². The number of carbonyl (C=O) groups is 2. The smallest absolute Gasteiger partial charge is 0.341 e. The summed E-state index contributed by atoms with van der Waals surface area (Å²) in [7, 11) is 0. The molecular weight excluding hydrogens is 274 g/mol. The van der Waals surface area contributed by atoms with Crippen LogP contribution in [0.15, 0.2) is 48.5 Å². The zero-order valence-electron chi connectivity index (χ0n) is 10.9. The van der Waals surface area contributed by atoms with E-state index in [1.807, 2.05) is 6.07 Å². The third kappa shape index (κ3) is 3.73. The van der Waals surface area contributed by atoms with Gasteiger partial charge in [0.05, 0.1) is 5.69 Å². The van der Waals surface area contributed by atoms with Crippen molar-refractivity contribution in [3.8, 4) is 11.5 Å². The summed E-state index contributed by atoms with van der Waals surface area (Å²) in [6.45, 7) is -0.265. The van der Waals surface area contributed by atoms with Crippen LogP contribution in [0.4, 0.5) is 5.69 Å². The van der Waals surface area contributed by atoms with E-state index in [2.05, 4.69) is 5.32 Å². The lowest BCUT2D eigenvalue weighted by Gasteiger charge is -2.10. The number of aromatic hydroxyl groups is 1. The Morgan fingerprint density at radius 2 is 1.76 bits per heavy atom. The molecule has 0 aliphatic carbocycles. The Labute approximate surface area is 120 Å². The molecule has 2 aromatic carbocycles. The molecule has 0 bridgehead atoms. The maximum absolute atomic E-state index is 11.8. The average molecular weight is 287 g/mol. The first-order chi connectivity index (χ1) is 10.1. The number of phenols is 1. The van der Waals surface area contributed by atoms with Crippen LogP contribution in [0.1, 0.15) is 10.4 Å². The molecule has 0 fully saturated rings. The van der Waals surface area contributed by atoms with Gasteiger partial charge >= 0.3 is 5.97 Å². The van der Waals surface area contributed by atoms with Crippen molar-refractivity contribution in [1.82, 2.24) is 0 Å². The number of hydrogen-bond donors (Lipinski definition) is 3. The number of rotatable bonds is 5. The van der Waals surface area contributed by atoms with E-state index in [4.69, 9.17) is 9.84 Å². The Kier molecular flexibility index (Phi) is 4.40. The second-order valence-electron chi connectivity index (χ2n) is 4.15. The molecule has 0 spiro atoms. The highest BCUT2D eigenvalue weighted by atomic mass is 16.5. The van der Waals surface area contributed by atoms with Gasteiger partial charge in [-0.3, -0.25) is 4.79 Å². The number of para-hydroxylation sites is 1. The standard InChI is InChI=1S/C15H13NO5/c17-12-8-4-7-11(14(12)15(19)20)16-13(18)9-21-10-5-2-1-3-6-10/h1-8,17H,9H2,(H,16,18)(H,19,20). The Morgan fingerprint density at radius 1 is 1.05 bits per heavy atom. The second-order valence-corrected chi connectivity index (χ2v) is 4.15. The molecule has 0 heterocycles. The van der Waals surface area contributed by atoms with Gasteiger partial charge in [-0.25, -0.2) is 4.79 Å². The number of carbonyl (C=O) groups excluding carboxylic acids is 1. The quantitative estimate of drug-likeness (QED) is 0.782. The summed E-state index contributed by atoms with van der Waals surface area (Å²) < 4.78 is 5.25. The first kappa shape index (κ1) is 14.4. The molecule has 1 amide bonds. The third-order valence-electron chi connectivity index (χ3n) is 2.64. The Balaban J connectivity index is 2.03. The normalized spacial score (nSPS) is 9.90. The topological polar surface area (TPSA) is 95.9 Å². The number of ether oxygens (including phenoxy) is 1. The molecule has 0 saturated heterocycles. The van der Waals surface area contributed by atoms with Gasteiger partial charge in [0.25, 0.3) is 5.91 Å². The van der Waals surface area contributed by atoms with Gasteiger partial charge in [-0.15, -0.1) is 0 Å². The van der Waals surface area contributed by atoms with E-state index in [1.54, 1.807) is 24.3 Å². The van der Waals surface area contributed by atoms with Crippen molar-refractivity contribution in [1.29, 1.82) is 0 Å². The van der Waals surface area contributed by atoms with Crippen LogP contribution < -0.4 is 10.1 Å². The van der Waals surface area contributed by atoms with Crippen LogP contribution in [0, 0.1) is 0 Å². The molecule has 6 heteroatoms. The molecule has 0 aromatic heterocycles. The van der Waals surface area contributed by atoms with Gasteiger partial charge in [-0.1, -0.05) is 24.3 Å². The highest BCUT2D eigenvalue weighted by molar-refractivity contribution is 6.02. The zero-order valence-corrected chi connectivity index (χ0v) is 10.9. The summed E-state index contributed by atoms with van der Waals surface area (Å²) in [5.74, 6) is -1.73. The fourth-order valence-corrected chi connectivity index (χ4v) is 1.72. The molecule has 0 aliphatic heterocycles. The lowest BCUT2D eigenvalue weighted by molar-refractivity contribution is -0.118. The molecule has 0 atom stereocenters. The minimum absolute atomic E-state index is 0.0177. The number of benzene rings is 2. The minimum Gasteiger partial charge on any atom is -0.507 e. The highest BCUT2D eigenvalue weighted by Gasteiger charge is 2.16. The van der Waals surface area contributed by atoms with Crippen LogP contribution >= 0.6 is 0 Å². The summed E-state index contributed by atoms with van der Waals surface area (Å²) >= 11 is 0. The Bertz CT molecular complexity index is 654. The van der Waals surface area contributed by atoms with E-state index in [1.165, 1.54) is 18.2 Å². The van der Waals surface area contributed by atoms with E-state index in [-0.39, 0.29) is 17.9 Å². The Hall–Kier alpha value is -3.02. The van der Waals surface area contributed by atoms with Crippen LogP contribution in [-0.4, -0.2) is 28.7 Å². The van der Waals surface area contributed by atoms with E-state index in [0.717, 1.165) is 0 Å². The van der Waals surface area contributed by atoms with Crippen molar-refractivity contribution in [2.24, 2.45) is 0 Å². The monoisotopic (exact) mass is 287 g/mol. The maximum atomic E-state index is 11.8. The van der Waals surface area contributed by atoms with Gasteiger partial charge in [0, 0.05) is 0 Å². The minimum atomic E-state index is -1.33. The van der Waals surface area contributed by atoms with Crippen molar-refractivity contribution in [3.63, 3.8) is 0 Å². The largest absolute Gasteiger partial charge is 0.507 e. The number of carboxylic acid groups (broad SMARTS) is 1. The van der Waals surface area contributed by atoms with E-state index < -0.39 is 17.6 Å². The van der Waals surface area contributed by atoms with E-state index in [9.17, 15) is 14.7 Å². The van der Waals surface area contributed by atoms with Crippen LogP contribution in [0.3, 0.4) is 0 Å². The highest BCUT2D eigenvalue weighted by Crippen LogP contribution is 2.25. The van der Waals surface area contributed by atoms with Gasteiger partial charge in [0.2, 0.25) is 0 Å². The van der Waals surface area contributed by atoms with Gasteiger partial charge in [0.15, 0.2) is 6.61 Å². The lowest BCUT2D eigenvalue weighted by Crippen LogP contribution is -2.21. The third-order valence-corrected chi connectivity index (χ3v) is 2.64. The molecule has 2 rings (SSSR count). The van der Waals surface area contributed by atoms with Gasteiger partial charge in [-0.05, 0) is 24.3 Å². The molecule has 0 saturated carbocycles. The van der Waals surface area contributed by atoms with Crippen LogP contribution in [0.25, 0.3) is 0 Å². The number of carboxylic acids is 1.